The molecule has 74 heavy (non-hydrogen) atoms. The molecule has 0 radical (unpaired) electrons. The standard InChI is InChI=1S/C28H24F3N3O5.C21H20F3N3O5.C2H6O/c1-15-7-8-23(35)22-13-33(15)28(38)24-26(39-14-16-5-3-2-4-6-16)25(36)19(12-34(22)24)27(37)32-11-18-20(30)9-17(29)10-21(18)31;1-9-2-3-16(28)15-8-26(9)21(32)17-19(30)18(29)12(7-27(15)17)20(31)25-6-11-13(23)4-10(22)5-14(11)24;1-2-3/h2-10,12,15,22-23,35H,11,13-14H2,1H3,(H,32,37);4-5,7,9,15-16,28,30H,2-3,6,8H2,1H3,(H,25,31);3H,2H2,1H3/t15-,22+,23+;9-,15+,16+;/m00./s1. The van der Waals surface area contributed by atoms with Crippen LogP contribution >= 0.6 is 0 Å². The van der Waals surface area contributed by atoms with Crippen molar-refractivity contribution < 1.29 is 70.7 Å². The first-order valence-electron chi connectivity index (χ1n) is 23.2. The summed E-state index contributed by atoms with van der Waals surface area (Å²) in [6, 6.07) is 8.71. The van der Waals surface area contributed by atoms with Crippen molar-refractivity contribution in [1.29, 1.82) is 0 Å². The van der Waals surface area contributed by atoms with E-state index in [1.165, 1.54) is 18.9 Å². The molecule has 0 spiro atoms. The van der Waals surface area contributed by atoms with Crippen LogP contribution in [0.2, 0.25) is 0 Å². The van der Waals surface area contributed by atoms with Gasteiger partial charge in [0.15, 0.2) is 22.9 Å². The molecule has 6 N–H and O–H groups in total. The summed E-state index contributed by atoms with van der Waals surface area (Å²) in [5.41, 5.74) is -4.01. The Morgan fingerprint density at radius 1 is 0.689 bits per heavy atom. The number of nitrogens with zero attached hydrogens (tertiary/aromatic N) is 4. The zero-order valence-corrected chi connectivity index (χ0v) is 39.8. The molecule has 4 aliphatic heterocycles. The highest BCUT2D eigenvalue weighted by Crippen LogP contribution is 2.36. The van der Waals surface area contributed by atoms with Crippen LogP contribution in [0.5, 0.6) is 11.5 Å². The van der Waals surface area contributed by atoms with E-state index in [4.69, 9.17) is 9.84 Å². The number of rotatable bonds is 9. The number of hydrogen-bond acceptors (Lipinski definition) is 11. The van der Waals surface area contributed by atoms with Gasteiger partial charge in [0.05, 0.1) is 24.3 Å². The number of ether oxygens (including phenoxy) is 1. The maximum absolute atomic E-state index is 14.1. The fourth-order valence-corrected chi connectivity index (χ4v) is 8.96. The molecule has 0 saturated carbocycles. The van der Waals surface area contributed by atoms with Crippen molar-refractivity contribution in [3.8, 4) is 11.5 Å². The van der Waals surface area contributed by atoms with E-state index < -0.39 is 135 Å². The van der Waals surface area contributed by atoms with Crippen LogP contribution in [0.3, 0.4) is 0 Å². The molecule has 17 nitrogen and oxygen atoms in total. The zero-order chi connectivity index (χ0) is 53.9. The number of aromatic hydroxyl groups is 1. The van der Waals surface area contributed by atoms with Gasteiger partial charge in [0, 0.05) is 92.7 Å². The Morgan fingerprint density at radius 2 is 1.18 bits per heavy atom. The number of hydrogen-bond donors (Lipinski definition) is 6. The fourth-order valence-electron chi connectivity index (χ4n) is 8.96. The summed E-state index contributed by atoms with van der Waals surface area (Å²) in [5, 5.41) is 43.8. The van der Waals surface area contributed by atoms with Crippen molar-refractivity contribution in [2.75, 3.05) is 19.7 Å². The van der Waals surface area contributed by atoms with Crippen LogP contribution in [0.15, 0.2) is 88.7 Å². The van der Waals surface area contributed by atoms with E-state index in [0.717, 1.165) is 12.4 Å². The molecule has 9 rings (SSSR count). The van der Waals surface area contributed by atoms with Crippen LogP contribution < -0.4 is 26.2 Å². The number of fused-ring (bicyclic) bond motifs is 8. The van der Waals surface area contributed by atoms with Gasteiger partial charge in [-0.3, -0.25) is 28.8 Å². The molecule has 23 heteroatoms. The third-order valence-corrected chi connectivity index (χ3v) is 12.9. The zero-order valence-electron chi connectivity index (χ0n) is 39.8. The Hall–Kier alpha value is -7.76. The van der Waals surface area contributed by atoms with E-state index >= 15 is 0 Å². The van der Waals surface area contributed by atoms with E-state index in [1.54, 1.807) is 63.3 Å². The van der Waals surface area contributed by atoms with Gasteiger partial charge >= 0.3 is 0 Å². The van der Waals surface area contributed by atoms with Gasteiger partial charge in [-0.15, -0.1) is 0 Å². The Kier molecular flexibility index (Phi) is 16.5. The first kappa shape index (κ1) is 54.0. The second-order valence-corrected chi connectivity index (χ2v) is 17.7. The number of carbonyl (C=O) groups excluding carboxylic acids is 4. The topological polar surface area (TPSA) is 233 Å². The number of amides is 4. The summed E-state index contributed by atoms with van der Waals surface area (Å²) in [5.74, 6) is -11.6. The largest absolute Gasteiger partial charge is 0.503 e. The highest BCUT2D eigenvalue weighted by atomic mass is 19.2. The van der Waals surface area contributed by atoms with Gasteiger partial charge in [-0.25, -0.2) is 26.3 Å². The van der Waals surface area contributed by atoms with Crippen molar-refractivity contribution in [2.24, 2.45) is 0 Å². The molecule has 2 aromatic heterocycles. The number of aromatic nitrogens is 2. The van der Waals surface area contributed by atoms with Gasteiger partial charge in [0.25, 0.3) is 23.6 Å². The Balaban J connectivity index is 0.000000209. The van der Waals surface area contributed by atoms with Crippen molar-refractivity contribution >= 4 is 23.6 Å². The van der Waals surface area contributed by atoms with Crippen LogP contribution in [0.1, 0.15) is 104 Å². The first-order valence-corrected chi connectivity index (χ1v) is 23.2. The second-order valence-electron chi connectivity index (χ2n) is 17.7. The van der Waals surface area contributed by atoms with Crippen molar-refractivity contribution in [3.63, 3.8) is 0 Å². The highest BCUT2D eigenvalue weighted by molar-refractivity contribution is 6.00. The number of carbonyl (C=O) groups is 4. The molecule has 3 aromatic carbocycles. The second kappa shape index (κ2) is 22.6. The van der Waals surface area contributed by atoms with Crippen LogP contribution in [0, 0.1) is 34.9 Å². The molecular formula is C51H50F6N6O11. The lowest BCUT2D eigenvalue weighted by molar-refractivity contribution is 0.0501. The molecule has 4 amide bonds. The summed E-state index contributed by atoms with van der Waals surface area (Å²) >= 11 is 0. The molecule has 5 aromatic rings. The minimum absolute atomic E-state index is 0.0888. The number of aliphatic hydroxyl groups excluding tert-OH is 3. The Bertz CT molecular complexity index is 3110. The Morgan fingerprint density at radius 3 is 1.72 bits per heavy atom. The van der Waals surface area contributed by atoms with Crippen molar-refractivity contribution in [3.05, 3.63) is 174 Å². The van der Waals surface area contributed by atoms with E-state index in [9.17, 15) is 70.4 Å². The number of benzene rings is 3. The molecule has 6 heterocycles. The maximum atomic E-state index is 14.1. The van der Waals surface area contributed by atoms with E-state index in [2.05, 4.69) is 10.6 Å². The molecule has 1 fully saturated rings. The van der Waals surface area contributed by atoms with Crippen LogP contribution in [-0.4, -0.2) is 107 Å². The van der Waals surface area contributed by atoms with Gasteiger partial charge < -0.3 is 54.7 Å². The van der Waals surface area contributed by atoms with Crippen molar-refractivity contribution in [1.82, 2.24) is 29.6 Å². The lowest BCUT2D eigenvalue weighted by Crippen LogP contribution is -2.49. The quantitative estimate of drug-likeness (QED) is 0.0887. The van der Waals surface area contributed by atoms with Gasteiger partial charge in [0.1, 0.15) is 52.6 Å². The van der Waals surface area contributed by atoms with Gasteiger partial charge in [0.2, 0.25) is 10.9 Å². The minimum Gasteiger partial charge on any atom is -0.503 e. The predicted octanol–water partition coefficient (Wildman–Crippen LogP) is 4.53. The summed E-state index contributed by atoms with van der Waals surface area (Å²) in [4.78, 5) is 81.3. The molecular weight excluding hydrogens is 987 g/mol. The van der Waals surface area contributed by atoms with Crippen LogP contribution in [0.25, 0.3) is 0 Å². The summed E-state index contributed by atoms with van der Waals surface area (Å²) in [6.45, 7) is 4.30. The van der Waals surface area contributed by atoms with Gasteiger partial charge in [-0.2, -0.15) is 0 Å². The van der Waals surface area contributed by atoms with Gasteiger partial charge in [-0.1, -0.05) is 42.5 Å². The van der Waals surface area contributed by atoms with E-state index in [-0.39, 0.29) is 55.5 Å². The molecule has 4 bridgehead atoms. The number of aliphatic hydroxyl groups is 3. The molecule has 6 atom stereocenters. The number of pyridine rings is 2. The van der Waals surface area contributed by atoms with E-state index in [0.29, 0.717) is 42.7 Å². The molecule has 392 valence electrons. The monoisotopic (exact) mass is 1040 g/mol. The lowest BCUT2D eigenvalue weighted by atomic mass is 10.0. The molecule has 0 unspecified atom stereocenters. The number of halogens is 6. The van der Waals surface area contributed by atoms with E-state index in [1.807, 2.05) is 0 Å². The van der Waals surface area contributed by atoms with Gasteiger partial charge in [-0.05, 0) is 39.2 Å². The van der Waals surface area contributed by atoms with Crippen LogP contribution in [0.4, 0.5) is 26.3 Å². The first-order chi connectivity index (χ1) is 35.2. The summed E-state index contributed by atoms with van der Waals surface area (Å²) in [7, 11) is 0. The maximum Gasteiger partial charge on any atom is 0.275 e. The SMILES string of the molecule is CCO.C[C@H]1C=C[C@@H](O)[C@H]2CN1C(=O)c1c(OCc3ccccc3)c(=O)c(C(=O)NCc3c(F)cc(F)cc3F)cn12.C[C@H]1CC[C@@H](O)[C@H]2CN1C(=O)c1c(O)c(=O)c(C(=O)NCc3c(F)cc(F)cc3F)cn12. The summed E-state index contributed by atoms with van der Waals surface area (Å²) in [6.07, 6.45) is 4.37. The third-order valence-electron chi connectivity index (χ3n) is 12.9. The summed E-state index contributed by atoms with van der Waals surface area (Å²) < 4.78 is 90.6. The lowest BCUT2D eigenvalue weighted by Gasteiger charge is -2.38. The minimum atomic E-state index is -1.21. The average Bonchev–Trinajstić information content (AvgIpc) is 3.57. The Labute approximate surface area is 417 Å². The smallest absolute Gasteiger partial charge is 0.275 e. The number of nitrogens with one attached hydrogen (secondary N) is 2. The van der Waals surface area contributed by atoms with Crippen molar-refractivity contribution in [2.45, 2.75) is 89.7 Å². The normalized spacial score (nSPS) is 20.4. The predicted molar refractivity (Wildman–Crippen MR) is 251 cm³/mol. The average molecular weight is 1040 g/mol. The fraction of sp³-hybridized carbons (Fsp3) is 0.333. The third kappa shape index (κ3) is 10.9. The molecule has 0 aliphatic carbocycles. The van der Waals surface area contributed by atoms with Crippen LogP contribution in [-0.2, 0) is 19.7 Å². The molecule has 4 aliphatic rings. The highest BCUT2D eigenvalue weighted by Gasteiger charge is 2.43. The molecule has 1 saturated heterocycles.